The highest BCUT2D eigenvalue weighted by molar-refractivity contribution is 6.35. The molecule has 1 saturated heterocycles. The van der Waals surface area contributed by atoms with Gasteiger partial charge >= 0.3 is 0 Å². The minimum atomic E-state index is 0.0483. The largest absolute Gasteiger partial charge is 0.356 e. The van der Waals surface area contributed by atoms with Gasteiger partial charge in [-0.15, -0.1) is 0 Å². The van der Waals surface area contributed by atoms with E-state index in [-0.39, 0.29) is 6.04 Å². The van der Waals surface area contributed by atoms with E-state index in [2.05, 4.69) is 39.4 Å². The first kappa shape index (κ1) is 21.3. The monoisotopic (exact) mass is 399 g/mol. The molecule has 1 fully saturated rings. The van der Waals surface area contributed by atoms with Crippen LogP contribution in [0, 0.1) is 0 Å². The molecule has 1 aromatic rings. The summed E-state index contributed by atoms with van der Waals surface area (Å²) in [7, 11) is 3.99. The number of benzene rings is 1. The quantitative estimate of drug-likeness (QED) is 0.437. The van der Waals surface area contributed by atoms with Crippen LogP contribution >= 0.6 is 23.2 Å². The standard InChI is InChI=1S/C19H31Cl2N5/c1-15(17-7-6-16(20)14-18(17)21)24-19(22-2)23-8-4-10-26-11-5-9-25(3)12-13-26/h6-7,14-15H,4-5,8-13H2,1-3H3,(H2,22,23,24). The van der Waals surface area contributed by atoms with E-state index < -0.39 is 0 Å². The van der Waals surface area contributed by atoms with Gasteiger partial charge < -0.3 is 20.4 Å². The van der Waals surface area contributed by atoms with Gasteiger partial charge in [-0.3, -0.25) is 4.99 Å². The Morgan fingerprint density at radius 2 is 2.04 bits per heavy atom. The van der Waals surface area contributed by atoms with Gasteiger partial charge in [-0.2, -0.15) is 0 Å². The summed E-state index contributed by atoms with van der Waals surface area (Å²) in [5, 5.41) is 8.10. The zero-order chi connectivity index (χ0) is 18.9. The van der Waals surface area contributed by atoms with E-state index in [1.807, 2.05) is 12.1 Å². The number of aliphatic imine (C=N–C) groups is 1. The maximum absolute atomic E-state index is 6.29. The first-order valence-corrected chi connectivity index (χ1v) is 10.1. The van der Waals surface area contributed by atoms with E-state index >= 15 is 0 Å². The van der Waals surface area contributed by atoms with Crippen LogP contribution in [0.25, 0.3) is 0 Å². The van der Waals surface area contributed by atoms with E-state index in [1.165, 1.54) is 19.5 Å². The van der Waals surface area contributed by atoms with Crippen molar-refractivity contribution in [1.29, 1.82) is 0 Å². The lowest BCUT2D eigenvalue weighted by Gasteiger charge is -2.21. The molecule has 1 unspecified atom stereocenters. The van der Waals surface area contributed by atoms with Crippen LogP contribution in [0.15, 0.2) is 23.2 Å². The predicted molar refractivity (Wildman–Crippen MR) is 113 cm³/mol. The van der Waals surface area contributed by atoms with Crippen molar-refractivity contribution >= 4 is 29.2 Å². The van der Waals surface area contributed by atoms with Gasteiger partial charge in [-0.05, 0) is 64.1 Å². The second-order valence-corrected chi connectivity index (χ2v) is 7.73. The van der Waals surface area contributed by atoms with Gasteiger partial charge in [0, 0.05) is 36.7 Å². The number of rotatable bonds is 6. The topological polar surface area (TPSA) is 42.9 Å². The first-order valence-electron chi connectivity index (χ1n) is 9.32. The summed E-state index contributed by atoms with van der Waals surface area (Å²) in [4.78, 5) is 9.28. The van der Waals surface area contributed by atoms with Crippen molar-refractivity contribution in [2.45, 2.75) is 25.8 Å². The third kappa shape index (κ3) is 6.95. The average molecular weight is 400 g/mol. The van der Waals surface area contributed by atoms with Crippen LogP contribution < -0.4 is 10.6 Å². The molecule has 1 atom stereocenters. The molecule has 0 radical (unpaired) electrons. The number of likely N-dealkylation sites (N-methyl/N-ethyl adjacent to an activating group) is 1. The molecule has 1 aliphatic heterocycles. The van der Waals surface area contributed by atoms with E-state index in [9.17, 15) is 0 Å². The molecule has 1 heterocycles. The molecule has 0 aromatic heterocycles. The summed E-state index contributed by atoms with van der Waals surface area (Å²) in [5.74, 6) is 0.791. The van der Waals surface area contributed by atoms with Gasteiger partial charge in [0.2, 0.25) is 0 Å². The van der Waals surface area contributed by atoms with Crippen molar-refractivity contribution in [3.05, 3.63) is 33.8 Å². The smallest absolute Gasteiger partial charge is 0.191 e. The van der Waals surface area contributed by atoms with Gasteiger partial charge in [0.15, 0.2) is 5.96 Å². The zero-order valence-corrected chi connectivity index (χ0v) is 17.6. The Balaban J connectivity index is 1.73. The Hall–Kier alpha value is -1.01. The number of nitrogens with one attached hydrogen (secondary N) is 2. The molecular formula is C19H31Cl2N5. The van der Waals surface area contributed by atoms with E-state index in [4.69, 9.17) is 23.2 Å². The van der Waals surface area contributed by atoms with Gasteiger partial charge in [-0.1, -0.05) is 29.3 Å². The summed E-state index contributed by atoms with van der Waals surface area (Å²) in [6.45, 7) is 8.81. The number of guanidine groups is 1. The summed E-state index contributed by atoms with van der Waals surface area (Å²) >= 11 is 12.3. The number of hydrogen-bond acceptors (Lipinski definition) is 3. The maximum atomic E-state index is 6.29. The fraction of sp³-hybridized carbons (Fsp3) is 0.632. The first-order chi connectivity index (χ1) is 12.5. The Bertz CT molecular complexity index is 593. The molecule has 0 spiro atoms. The van der Waals surface area contributed by atoms with Gasteiger partial charge in [0.25, 0.3) is 0 Å². The normalized spacial score (nSPS) is 18.4. The average Bonchev–Trinajstić information content (AvgIpc) is 2.81. The zero-order valence-electron chi connectivity index (χ0n) is 16.1. The highest BCUT2D eigenvalue weighted by Crippen LogP contribution is 2.25. The van der Waals surface area contributed by atoms with Crippen LogP contribution in [0.1, 0.15) is 31.4 Å². The predicted octanol–water partition coefficient (Wildman–Crippen LogP) is 3.25. The lowest BCUT2D eigenvalue weighted by Crippen LogP contribution is -2.40. The molecule has 5 nitrogen and oxygen atoms in total. The summed E-state index contributed by atoms with van der Waals surface area (Å²) in [5.41, 5.74) is 1.01. The van der Waals surface area contributed by atoms with Crippen molar-refractivity contribution < 1.29 is 0 Å². The Morgan fingerprint density at radius 1 is 1.23 bits per heavy atom. The number of halogens is 2. The second-order valence-electron chi connectivity index (χ2n) is 6.88. The highest BCUT2D eigenvalue weighted by Gasteiger charge is 2.13. The fourth-order valence-electron chi connectivity index (χ4n) is 3.16. The molecule has 0 bridgehead atoms. The minimum Gasteiger partial charge on any atom is -0.356 e. The number of hydrogen-bond donors (Lipinski definition) is 2. The molecule has 1 aliphatic rings. The summed E-state index contributed by atoms with van der Waals surface area (Å²) in [6.07, 6.45) is 2.35. The van der Waals surface area contributed by atoms with Crippen molar-refractivity contribution in [3.8, 4) is 0 Å². The molecule has 26 heavy (non-hydrogen) atoms. The second kappa shape index (κ2) is 11.0. The molecule has 146 valence electrons. The van der Waals surface area contributed by atoms with E-state index in [0.717, 1.165) is 44.1 Å². The van der Waals surface area contributed by atoms with Crippen molar-refractivity contribution in [2.24, 2.45) is 4.99 Å². The van der Waals surface area contributed by atoms with Gasteiger partial charge in [0.1, 0.15) is 0 Å². The molecule has 0 saturated carbocycles. The van der Waals surface area contributed by atoms with Crippen LogP contribution in [0.3, 0.4) is 0 Å². The van der Waals surface area contributed by atoms with Crippen molar-refractivity contribution in [2.75, 3.05) is 53.4 Å². The molecular weight excluding hydrogens is 369 g/mol. The fourth-order valence-corrected chi connectivity index (χ4v) is 3.74. The van der Waals surface area contributed by atoms with Crippen LogP contribution in [0.2, 0.25) is 10.0 Å². The van der Waals surface area contributed by atoms with Crippen LogP contribution in [0.4, 0.5) is 0 Å². The third-order valence-corrected chi connectivity index (χ3v) is 5.32. The SMILES string of the molecule is CN=C(NCCCN1CCCN(C)CC1)NC(C)c1ccc(Cl)cc1Cl. The van der Waals surface area contributed by atoms with Gasteiger partial charge in [-0.25, -0.2) is 0 Å². The van der Waals surface area contributed by atoms with E-state index in [0.29, 0.717) is 10.0 Å². The Kier molecular flexibility index (Phi) is 8.99. The molecule has 0 amide bonds. The van der Waals surface area contributed by atoms with E-state index in [1.54, 1.807) is 13.1 Å². The number of nitrogens with zero attached hydrogens (tertiary/aromatic N) is 3. The Labute approximate surface area is 167 Å². The third-order valence-electron chi connectivity index (χ3n) is 4.76. The van der Waals surface area contributed by atoms with Gasteiger partial charge in [0.05, 0.1) is 6.04 Å². The molecule has 1 aromatic carbocycles. The molecule has 2 rings (SSSR count). The lowest BCUT2D eigenvalue weighted by molar-refractivity contribution is 0.274. The summed E-state index contributed by atoms with van der Waals surface area (Å²) in [6, 6.07) is 5.62. The molecule has 2 N–H and O–H groups in total. The molecule has 7 heteroatoms. The molecule has 0 aliphatic carbocycles. The Morgan fingerprint density at radius 3 is 2.77 bits per heavy atom. The van der Waals surface area contributed by atoms with Crippen molar-refractivity contribution in [3.63, 3.8) is 0 Å². The summed E-state index contributed by atoms with van der Waals surface area (Å²) < 4.78 is 0. The minimum absolute atomic E-state index is 0.0483. The van der Waals surface area contributed by atoms with Crippen molar-refractivity contribution in [1.82, 2.24) is 20.4 Å². The lowest BCUT2D eigenvalue weighted by atomic mass is 10.1. The van der Waals surface area contributed by atoms with Crippen LogP contribution in [-0.2, 0) is 0 Å². The highest BCUT2D eigenvalue weighted by atomic mass is 35.5. The maximum Gasteiger partial charge on any atom is 0.191 e. The van der Waals surface area contributed by atoms with Crippen LogP contribution in [-0.4, -0.2) is 69.1 Å². The van der Waals surface area contributed by atoms with Crippen LogP contribution in [0.5, 0.6) is 0 Å².